The van der Waals surface area contributed by atoms with E-state index in [0.717, 1.165) is 30.2 Å². The molecule has 1 fully saturated rings. The predicted octanol–water partition coefficient (Wildman–Crippen LogP) is 1.14. The molecule has 5 rings (SSSR count). The van der Waals surface area contributed by atoms with Crippen molar-refractivity contribution in [2.45, 2.75) is 6.42 Å². The molecular formula is C20H23N9O. The molecule has 0 unspecified atom stereocenters. The normalized spacial score (nSPS) is 14.5. The van der Waals surface area contributed by atoms with Crippen molar-refractivity contribution in [3.63, 3.8) is 0 Å². The molecule has 1 aliphatic heterocycles. The van der Waals surface area contributed by atoms with Gasteiger partial charge in [0, 0.05) is 38.4 Å². The fourth-order valence-corrected chi connectivity index (χ4v) is 3.72. The minimum Gasteiger partial charge on any atom is -0.399 e. The van der Waals surface area contributed by atoms with E-state index in [9.17, 15) is 0 Å². The smallest absolute Gasteiger partial charge is 0.229 e. The largest absolute Gasteiger partial charge is 0.399 e. The molecule has 10 heteroatoms. The van der Waals surface area contributed by atoms with Crippen molar-refractivity contribution in [2.24, 2.45) is 7.05 Å². The molecule has 4 heterocycles. The fraction of sp³-hybridized carbons (Fsp3) is 0.300. The number of nitrogen functional groups attached to an aromatic ring is 2. The van der Waals surface area contributed by atoms with Crippen LogP contribution >= 0.6 is 0 Å². The van der Waals surface area contributed by atoms with Crippen LogP contribution in [-0.4, -0.2) is 55.6 Å². The molecule has 3 aromatic heterocycles. The summed E-state index contributed by atoms with van der Waals surface area (Å²) in [5.41, 5.74) is 16.2. The van der Waals surface area contributed by atoms with Gasteiger partial charge in [-0.15, -0.1) is 0 Å². The molecule has 1 aromatic carbocycles. The molecule has 1 saturated heterocycles. The van der Waals surface area contributed by atoms with Crippen LogP contribution < -0.4 is 16.4 Å². The minimum absolute atomic E-state index is 0.359. The first kappa shape index (κ1) is 18.4. The standard InChI is InChI=1S/C20H23N9O/c1-27-12-15(11-23-27)29-16(10-13-3-2-4-14(21)9-13)24-17-18(22)25-20(26-19(17)29)28-5-7-30-8-6-28/h2-4,9,11-12H,5-8,10,21H2,1H3,(H2,22,25,26). The maximum absolute atomic E-state index is 6.32. The van der Waals surface area contributed by atoms with Crippen molar-refractivity contribution in [1.29, 1.82) is 0 Å². The molecule has 154 valence electrons. The van der Waals surface area contributed by atoms with Gasteiger partial charge in [0.05, 0.1) is 25.1 Å². The Morgan fingerprint density at radius 3 is 2.67 bits per heavy atom. The van der Waals surface area contributed by atoms with Gasteiger partial charge < -0.3 is 21.1 Å². The molecule has 1 aliphatic rings. The van der Waals surface area contributed by atoms with Gasteiger partial charge in [-0.1, -0.05) is 12.1 Å². The first-order valence-electron chi connectivity index (χ1n) is 9.79. The lowest BCUT2D eigenvalue weighted by Gasteiger charge is -2.26. The molecule has 0 atom stereocenters. The van der Waals surface area contributed by atoms with Crippen LogP contribution in [0.25, 0.3) is 16.9 Å². The highest BCUT2D eigenvalue weighted by atomic mass is 16.5. The number of fused-ring (bicyclic) bond motifs is 1. The van der Waals surface area contributed by atoms with Crippen LogP contribution in [0.5, 0.6) is 0 Å². The Balaban J connectivity index is 1.68. The molecular weight excluding hydrogens is 382 g/mol. The molecule has 0 aliphatic carbocycles. The number of hydrogen-bond acceptors (Lipinski definition) is 8. The average Bonchev–Trinajstić information content (AvgIpc) is 3.32. The van der Waals surface area contributed by atoms with Gasteiger partial charge in [-0.25, -0.2) is 4.98 Å². The van der Waals surface area contributed by atoms with Gasteiger partial charge in [-0.3, -0.25) is 9.25 Å². The second-order valence-electron chi connectivity index (χ2n) is 7.34. The van der Waals surface area contributed by atoms with Crippen LogP contribution in [0.1, 0.15) is 11.4 Å². The monoisotopic (exact) mass is 405 g/mol. The summed E-state index contributed by atoms with van der Waals surface area (Å²) in [5, 5.41) is 4.32. The van der Waals surface area contributed by atoms with Gasteiger partial charge in [0.25, 0.3) is 0 Å². The van der Waals surface area contributed by atoms with E-state index >= 15 is 0 Å². The van der Waals surface area contributed by atoms with Gasteiger partial charge in [-0.2, -0.15) is 15.1 Å². The second-order valence-corrected chi connectivity index (χ2v) is 7.34. The zero-order chi connectivity index (χ0) is 20.7. The second kappa shape index (κ2) is 7.30. The summed E-state index contributed by atoms with van der Waals surface area (Å²) in [6.07, 6.45) is 4.29. The number of morpholine rings is 1. The summed E-state index contributed by atoms with van der Waals surface area (Å²) in [7, 11) is 1.88. The number of nitrogens with two attached hydrogens (primary N) is 2. The summed E-state index contributed by atoms with van der Waals surface area (Å²) < 4.78 is 9.19. The maximum atomic E-state index is 6.32. The number of nitrogens with zero attached hydrogens (tertiary/aromatic N) is 7. The van der Waals surface area contributed by atoms with Crippen molar-refractivity contribution in [3.8, 4) is 5.69 Å². The quantitative estimate of drug-likeness (QED) is 0.484. The van der Waals surface area contributed by atoms with Crippen LogP contribution in [0.2, 0.25) is 0 Å². The van der Waals surface area contributed by atoms with Crippen molar-refractivity contribution >= 4 is 28.6 Å². The summed E-state index contributed by atoms with van der Waals surface area (Å²) in [4.78, 5) is 16.2. The number of ether oxygens (including phenoxy) is 1. The zero-order valence-corrected chi connectivity index (χ0v) is 16.7. The van der Waals surface area contributed by atoms with Crippen molar-refractivity contribution in [1.82, 2.24) is 29.3 Å². The van der Waals surface area contributed by atoms with Crippen LogP contribution in [0.3, 0.4) is 0 Å². The predicted molar refractivity (Wildman–Crippen MR) is 115 cm³/mol. The Labute approximate surface area is 173 Å². The number of anilines is 3. The van der Waals surface area contributed by atoms with E-state index in [1.807, 2.05) is 42.1 Å². The SMILES string of the molecule is Cn1cc(-n2c(Cc3cccc(N)c3)nc3c(N)nc(N4CCOCC4)nc32)cn1. The summed E-state index contributed by atoms with van der Waals surface area (Å²) >= 11 is 0. The number of aryl methyl sites for hydroxylation is 1. The Bertz CT molecular complexity index is 1210. The Hall–Kier alpha value is -3.66. The summed E-state index contributed by atoms with van der Waals surface area (Å²) in [6.45, 7) is 2.73. The van der Waals surface area contributed by atoms with Crippen LogP contribution in [0.4, 0.5) is 17.5 Å². The Kier molecular flexibility index (Phi) is 4.47. The number of rotatable bonds is 4. The molecule has 10 nitrogen and oxygen atoms in total. The van der Waals surface area contributed by atoms with E-state index in [1.54, 1.807) is 10.9 Å². The zero-order valence-electron chi connectivity index (χ0n) is 16.7. The molecule has 4 N–H and O–H groups in total. The molecule has 0 bridgehead atoms. The van der Waals surface area contributed by atoms with Gasteiger partial charge in [0.15, 0.2) is 17.0 Å². The lowest BCUT2D eigenvalue weighted by molar-refractivity contribution is 0.122. The first-order chi connectivity index (χ1) is 14.6. The number of hydrogen-bond donors (Lipinski definition) is 2. The third-order valence-electron chi connectivity index (χ3n) is 5.15. The third kappa shape index (κ3) is 3.30. The number of benzene rings is 1. The maximum Gasteiger partial charge on any atom is 0.229 e. The molecule has 0 radical (unpaired) electrons. The molecule has 0 saturated carbocycles. The Morgan fingerprint density at radius 2 is 1.93 bits per heavy atom. The fourth-order valence-electron chi connectivity index (χ4n) is 3.72. The van der Waals surface area contributed by atoms with Crippen LogP contribution in [0, 0.1) is 0 Å². The van der Waals surface area contributed by atoms with E-state index in [4.69, 9.17) is 26.2 Å². The van der Waals surface area contributed by atoms with Gasteiger partial charge in [0.2, 0.25) is 5.95 Å². The van der Waals surface area contributed by atoms with Gasteiger partial charge >= 0.3 is 0 Å². The Morgan fingerprint density at radius 1 is 1.10 bits per heavy atom. The number of imidazole rings is 1. The van der Waals surface area contributed by atoms with E-state index < -0.39 is 0 Å². The summed E-state index contributed by atoms with van der Waals surface area (Å²) in [6, 6.07) is 7.77. The lowest BCUT2D eigenvalue weighted by Crippen LogP contribution is -2.37. The van der Waals surface area contributed by atoms with E-state index in [-0.39, 0.29) is 0 Å². The molecule has 4 aromatic rings. The van der Waals surface area contributed by atoms with Crippen molar-refractivity contribution < 1.29 is 4.74 Å². The highest BCUT2D eigenvalue weighted by molar-refractivity contribution is 5.85. The number of aromatic nitrogens is 6. The summed E-state index contributed by atoms with van der Waals surface area (Å²) in [5.74, 6) is 1.74. The topological polar surface area (TPSA) is 126 Å². The van der Waals surface area contributed by atoms with Crippen molar-refractivity contribution in [2.75, 3.05) is 42.7 Å². The third-order valence-corrected chi connectivity index (χ3v) is 5.15. The van der Waals surface area contributed by atoms with Crippen LogP contribution in [0.15, 0.2) is 36.7 Å². The molecule has 0 spiro atoms. The highest BCUT2D eigenvalue weighted by Crippen LogP contribution is 2.27. The van der Waals surface area contributed by atoms with E-state index in [2.05, 4.69) is 15.0 Å². The molecule has 0 amide bonds. The van der Waals surface area contributed by atoms with Gasteiger partial charge in [-0.05, 0) is 17.7 Å². The van der Waals surface area contributed by atoms with Crippen molar-refractivity contribution in [3.05, 3.63) is 48.0 Å². The average molecular weight is 405 g/mol. The van der Waals surface area contributed by atoms with Crippen LogP contribution in [-0.2, 0) is 18.2 Å². The molecule has 30 heavy (non-hydrogen) atoms. The van der Waals surface area contributed by atoms with Gasteiger partial charge in [0.1, 0.15) is 5.82 Å². The minimum atomic E-state index is 0.359. The first-order valence-corrected chi connectivity index (χ1v) is 9.79. The lowest BCUT2D eigenvalue weighted by atomic mass is 10.1. The van der Waals surface area contributed by atoms with E-state index in [1.165, 1.54) is 0 Å². The highest BCUT2D eigenvalue weighted by Gasteiger charge is 2.22. The van der Waals surface area contributed by atoms with E-state index in [0.29, 0.717) is 48.3 Å².